The van der Waals surface area contributed by atoms with Crippen LogP contribution in [0.5, 0.6) is 0 Å². The van der Waals surface area contributed by atoms with Gasteiger partial charge >= 0.3 is 0 Å². The highest BCUT2D eigenvalue weighted by Crippen LogP contribution is 2.73. The highest BCUT2D eigenvalue weighted by atomic mass is 31.1. The van der Waals surface area contributed by atoms with Crippen LogP contribution in [0.15, 0.2) is 146 Å². The molecule has 6 atom stereocenters. The fourth-order valence-corrected chi connectivity index (χ4v) is 15.0. The van der Waals surface area contributed by atoms with Gasteiger partial charge in [-0.05, 0) is 75.9 Å². The molecular weight excluding hydrogens is 570 g/mol. The molecule has 3 heterocycles. The van der Waals surface area contributed by atoms with Crippen molar-refractivity contribution in [1.82, 2.24) is 9.97 Å². The minimum Gasteiger partial charge on any atom is -0.244 e. The van der Waals surface area contributed by atoms with Gasteiger partial charge in [-0.3, -0.25) is 0 Å². The zero-order valence-corrected chi connectivity index (χ0v) is 26.6. The van der Waals surface area contributed by atoms with Crippen LogP contribution in [-0.4, -0.2) is 9.97 Å². The van der Waals surface area contributed by atoms with Gasteiger partial charge < -0.3 is 0 Å². The summed E-state index contributed by atoms with van der Waals surface area (Å²) >= 11 is 0. The average molecular weight is 607 g/mol. The standard InChI is InChI=1S/C40H36N2P2/c1-5-15-29(16-6-1)35-25-26-36(30-17-7-2-8-18-30)43(35)39-40(42-34-24-14-13-23-33(34)41-39)44-37(31-19-9-3-10-20-31)27-28-38(44)32-21-11-4-12-22-32/h1-24,35-38H,25-28H2/t35-,36?,37-,38?,43?,44?/m1/s1. The topological polar surface area (TPSA) is 25.8 Å². The number of fused-ring (bicyclic) bond motifs is 1. The third-order valence-corrected chi connectivity index (χ3v) is 16.2. The summed E-state index contributed by atoms with van der Waals surface area (Å²) in [4.78, 5) is 11.4. The van der Waals surface area contributed by atoms with Crippen molar-refractivity contribution >= 4 is 37.7 Å². The summed E-state index contributed by atoms with van der Waals surface area (Å²) in [5.41, 5.74) is 12.4. The van der Waals surface area contributed by atoms with Gasteiger partial charge in [0.25, 0.3) is 0 Å². The smallest absolute Gasteiger partial charge is 0.0909 e. The zero-order chi connectivity index (χ0) is 29.3. The quantitative estimate of drug-likeness (QED) is 0.176. The number of hydrogen-bond acceptors (Lipinski definition) is 2. The Bertz CT molecular complexity index is 1610. The lowest BCUT2D eigenvalue weighted by atomic mass is 10.0. The molecule has 6 aromatic rings. The van der Waals surface area contributed by atoms with Crippen LogP contribution in [0.3, 0.4) is 0 Å². The van der Waals surface area contributed by atoms with E-state index in [-0.39, 0.29) is 0 Å². The van der Waals surface area contributed by atoms with Gasteiger partial charge in [-0.15, -0.1) is 0 Å². The molecule has 0 spiro atoms. The number of hydrogen-bond donors (Lipinski definition) is 0. The second-order valence-electron chi connectivity index (χ2n) is 12.0. The maximum atomic E-state index is 5.69. The van der Waals surface area contributed by atoms with E-state index in [1.165, 1.54) is 58.8 Å². The lowest BCUT2D eigenvalue weighted by Gasteiger charge is -2.32. The molecule has 8 rings (SSSR count). The Balaban J connectivity index is 1.37. The Morgan fingerprint density at radius 2 is 0.591 bits per heavy atom. The fraction of sp³-hybridized carbons (Fsp3) is 0.200. The maximum absolute atomic E-state index is 5.69. The molecule has 1 aromatic heterocycles. The largest absolute Gasteiger partial charge is 0.244 e. The van der Waals surface area contributed by atoms with Crippen molar-refractivity contribution in [1.29, 1.82) is 0 Å². The van der Waals surface area contributed by atoms with E-state index < -0.39 is 15.8 Å². The van der Waals surface area contributed by atoms with Crippen LogP contribution in [0.4, 0.5) is 0 Å². The molecule has 216 valence electrons. The second-order valence-corrected chi connectivity index (χ2v) is 17.0. The molecule has 2 aliphatic heterocycles. The van der Waals surface area contributed by atoms with Crippen LogP contribution < -0.4 is 10.9 Å². The molecule has 4 unspecified atom stereocenters. The van der Waals surface area contributed by atoms with Gasteiger partial charge in [-0.2, -0.15) is 0 Å². The van der Waals surface area contributed by atoms with E-state index in [4.69, 9.17) is 9.97 Å². The van der Waals surface area contributed by atoms with Crippen molar-refractivity contribution in [3.8, 4) is 0 Å². The summed E-state index contributed by atoms with van der Waals surface area (Å²) in [7, 11) is -1.33. The van der Waals surface area contributed by atoms with Gasteiger partial charge in [0.05, 0.1) is 21.9 Å². The van der Waals surface area contributed by atoms with Crippen molar-refractivity contribution in [2.24, 2.45) is 0 Å². The van der Waals surface area contributed by atoms with Crippen molar-refractivity contribution in [2.45, 2.75) is 48.3 Å². The summed E-state index contributed by atoms with van der Waals surface area (Å²) in [5, 5.41) is 0. The van der Waals surface area contributed by atoms with E-state index in [9.17, 15) is 0 Å². The van der Waals surface area contributed by atoms with Crippen molar-refractivity contribution in [2.75, 3.05) is 0 Å². The monoisotopic (exact) mass is 606 g/mol. The van der Waals surface area contributed by atoms with Crippen molar-refractivity contribution < 1.29 is 0 Å². The first-order valence-corrected chi connectivity index (χ1v) is 18.8. The SMILES string of the molecule is c1ccc(C2CC[C@H](c3ccccc3)P2c2nc3ccccc3nc2P2C(c3ccccc3)CC[C@@H]2c2ccccc2)cc1. The molecule has 2 fully saturated rings. The van der Waals surface area contributed by atoms with Crippen molar-refractivity contribution in [3.63, 3.8) is 0 Å². The lowest BCUT2D eigenvalue weighted by Crippen LogP contribution is -2.31. The number of aromatic nitrogens is 2. The first kappa shape index (κ1) is 27.8. The van der Waals surface area contributed by atoms with Crippen LogP contribution in [0, 0.1) is 0 Å². The van der Waals surface area contributed by atoms with E-state index >= 15 is 0 Å². The first-order valence-electron chi connectivity index (χ1n) is 15.9. The Hall–Kier alpha value is -3.70. The average Bonchev–Trinajstić information content (AvgIpc) is 3.75. The van der Waals surface area contributed by atoms with Gasteiger partial charge in [0.15, 0.2) is 0 Å². The minimum atomic E-state index is -0.663. The Morgan fingerprint density at radius 3 is 0.864 bits per heavy atom. The molecule has 0 bridgehead atoms. The Labute approximate surface area is 263 Å². The van der Waals surface area contributed by atoms with Crippen molar-refractivity contribution in [3.05, 3.63) is 168 Å². The maximum Gasteiger partial charge on any atom is 0.0909 e. The minimum absolute atomic E-state index is 0.466. The fourth-order valence-electron chi connectivity index (χ4n) is 7.55. The number of nitrogens with zero attached hydrogens (tertiary/aromatic N) is 2. The van der Waals surface area contributed by atoms with E-state index in [1.807, 2.05) is 0 Å². The van der Waals surface area contributed by atoms with E-state index in [2.05, 4.69) is 146 Å². The summed E-state index contributed by atoms with van der Waals surface area (Å²) in [6.45, 7) is 0. The molecule has 44 heavy (non-hydrogen) atoms. The molecule has 0 amide bonds. The molecule has 0 N–H and O–H groups in total. The third-order valence-electron chi connectivity index (χ3n) is 9.53. The summed E-state index contributed by atoms with van der Waals surface area (Å²) in [5.74, 6) is 0. The number of rotatable bonds is 6. The summed E-state index contributed by atoms with van der Waals surface area (Å²) < 4.78 is 0. The second kappa shape index (κ2) is 12.4. The van der Waals surface area contributed by atoms with Crippen LogP contribution >= 0.6 is 15.8 Å². The van der Waals surface area contributed by atoms with Gasteiger partial charge in [-0.25, -0.2) is 9.97 Å². The van der Waals surface area contributed by atoms with Crippen LogP contribution in [0.2, 0.25) is 0 Å². The normalized spacial score (nSPS) is 24.9. The molecular formula is C40H36N2P2. The molecule has 2 nitrogen and oxygen atoms in total. The summed E-state index contributed by atoms with van der Waals surface area (Å²) in [6, 6.07) is 53.6. The van der Waals surface area contributed by atoms with E-state index in [0.717, 1.165) is 11.0 Å². The Morgan fingerprint density at radius 1 is 0.341 bits per heavy atom. The van der Waals surface area contributed by atoms with Gasteiger partial charge in [0, 0.05) is 22.6 Å². The van der Waals surface area contributed by atoms with Crippen LogP contribution in [-0.2, 0) is 0 Å². The van der Waals surface area contributed by atoms with E-state index in [1.54, 1.807) is 0 Å². The highest BCUT2D eigenvalue weighted by molar-refractivity contribution is 7.72. The predicted molar refractivity (Wildman–Crippen MR) is 188 cm³/mol. The predicted octanol–water partition coefficient (Wildman–Crippen LogP) is 10.4. The van der Waals surface area contributed by atoms with E-state index in [0.29, 0.717) is 22.6 Å². The summed E-state index contributed by atoms with van der Waals surface area (Å²) in [6.07, 6.45) is 4.74. The molecule has 5 aromatic carbocycles. The Kier molecular flexibility index (Phi) is 7.81. The van der Waals surface area contributed by atoms with Gasteiger partial charge in [0.2, 0.25) is 0 Å². The lowest BCUT2D eigenvalue weighted by molar-refractivity contribution is 0.765. The van der Waals surface area contributed by atoms with Crippen LogP contribution in [0.25, 0.3) is 11.0 Å². The molecule has 2 saturated heterocycles. The van der Waals surface area contributed by atoms with Crippen LogP contribution in [0.1, 0.15) is 70.6 Å². The zero-order valence-electron chi connectivity index (χ0n) is 24.8. The third kappa shape index (κ3) is 5.19. The molecule has 2 aliphatic rings. The molecule has 0 radical (unpaired) electrons. The first-order chi connectivity index (χ1) is 21.8. The highest BCUT2D eigenvalue weighted by Gasteiger charge is 2.46. The molecule has 0 aliphatic carbocycles. The number of para-hydroxylation sites is 2. The van der Waals surface area contributed by atoms with Gasteiger partial charge in [0.1, 0.15) is 0 Å². The van der Waals surface area contributed by atoms with Gasteiger partial charge in [-0.1, -0.05) is 133 Å². The molecule has 0 saturated carbocycles. The molecule has 4 heteroatoms. The number of benzene rings is 5.